The molecule has 0 heterocycles. The van der Waals surface area contributed by atoms with Crippen LogP contribution in [0.3, 0.4) is 0 Å². The molecule has 0 saturated heterocycles. The fraction of sp³-hybridized carbons (Fsp3) is 0.533. The Bertz CT molecular complexity index is 351. The zero-order valence-corrected chi connectivity index (χ0v) is 11.3. The fourth-order valence-electron chi connectivity index (χ4n) is 2.03. The Kier molecular flexibility index (Phi) is 6.44. The third-order valence-electron chi connectivity index (χ3n) is 3.26. The van der Waals surface area contributed by atoms with Crippen LogP contribution in [-0.2, 0) is 4.79 Å². The summed E-state index contributed by atoms with van der Waals surface area (Å²) in [4.78, 5) is 13.6. The van der Waals surface area contributed by atoms with Crippen molar-refractivity contribution in [3.8, 4) is 0 Å². The molecule has 0 aromatic heterocycles. The number of hydrogen-bond acceptors (Lipinski definition) is 2. The van der Waals surface area contributed by atoms with E-state index in [9.17, 15) is 4.79 Å². The molecule has 0 fully saturated rings. The molecule has 0 saturated carbocycles. The lowest BCUT2D eigenvalue weighted by Crippen LogP contribution is -2.33. The van der Waals surface area contributed by atoms with Crippen molar-refractivity contribution in [1.82, 2.24) is 4.90 Å². The predicted molar refractivity (Wildman–Crippen MR) is 73.4 cm³/mol. The second-order valence-corrected chi connectivity index (χ2v) is 4.55. The third kappa shape index (κ3) is 4.49. The van der Waals surface area contributed by atoms with Crippen molar-refractivity contribution in [3.05, 3.63) is 35.9 Å². The second-order valence-electron chi connectivity index (χ2n) is 4.55. The van der Waals surface area contributed by atoms with Gasteiger partial charge in [-0.1, -0.05) is 37.3 Å². The molecule has 0 radical (unpaired) electrons. The van der Waals surface area contributed by atoms with Crippen molar-refractivity contribution in [2.24, 2.45) is 0 Å². The number of aliphatic hydroxyl groups excluding tert-OH is 1. The van der Waals surface area contributed by atoms with Crippen LogP contribution in [0.25, 0.3) is 0 Å². The van der Waals surface area contributed by atoms with Crippen LogP contribution in [0.4, 0.5) is 0 Å². The highest BCUT2D eigenvalue weighted by atomic mass is 16.3. The largest absolute Gasteiger partial charge is 0.395 e. The summed E-state index contributed by atoms with van der Waals surface area (Å²) in [6.07, 6.45) is 1.40. The van der Waals surface area contributed by atoms with Crippen LogP contribution in [0, 0.1) is 0 Å². The van der Waals surface area contributed by atoms with Crippen LogP contribution >= 0.6 is 0 Å². The van der Waals surface area contributed by atoms with E-state index in [0.717, 1.165) is 6.42 Å². The van der Waals surface area contributed by atoms with Gasteiger partial charge in [-0.05, 0) is 24.8 Å². The molecule has 1 amide bonds. The summed E-state index contributed by atoms with van der Waals surface area (Å²) in [5.41, 5.74) is 1.27. The van der Waals surface area contributed by atoms with Gasteiger partial charge in [-0.25, -0.2) is 0 Å². The number of rotatable bonds is 7. The number of aliphatic hydroxyl groups is 1. The lowest BCUT2D eigenvalue weighted by Gasteiger charge is -2.20. The van der Waals surface area contributed by atoms with Gasteiger partial charge in [0, 0.05) is 19.5 Å². The van der Waals surface area contributed by atoms with Crippen LogP contribution < -0.4 is 0 Å². The van der Waals surface area contributed by atoms with Crippen LogP contribution in [0.15, 0.2) is 30.3 Å². The number of likely N-dealkylation sites (N-methyl/N-ethyl adjacent to an activating group) is 1. The Balaban J connectivity index is 2.42. The summed E-state index contributed by atoms with van der Waals surface area (Å²) in [7, 11) is 0. The number of hydrogen-bond donors (Lipinski definition) is 1. The van der Waals surface area contributed by atoms with Crippen LogP contribution in [0.5, 0.6) is 0 Å². The van der Waals surface area contributed by atoms with Crippen LogP contribution in [-0.4, -0.2) is 35.6 Å². The average Bonchev–Trinajstić information content (AvgIpc) is 2.42. The van der Waals surface area contributed by atoms with E-state index < -0.39 is 0 Å². The molecule has 100 valence electrons. The van der Waals surface area contributed by atoms with Crippen molar-refractivity contribution >= 4 is 5.91 Å². The maximum Gasteiger partial charge on any atom is 0.222 e. The van der Waals surface area contributed by atoms with Crippen molar-refractivity contribution in [2.45, 2.75) is 32.6 Å². The molecule has 0 spiro atoms. The normalized spacial score (nSPS) is 12.2. The highest BCUT2D eigenvalue weighted by molar-refractivity contribution is 5.76. The van der Waals surface area contributed by atoms with Gasteiger partial charge >= 0.3 is 0 Å². The smallest absolute Gasteiger partial charge is 0.222 e. The van der Waals surface area contributed by atoms with E-state index in [-0.39, 0.29) is 12.5 Å². The predicted octanol–water partition coefficient (Wildman–Crippen LogP) is 2.41. The highest BCUT2D eigenvalue weighted by Gasteiger charge is 2.13. The molecule has 3 heteroatoms. The molecule has 0 aliphatic rings. The zero-order valence-electron chi connectivity index (χ0n) is 11.3. The molecule has 1 atom stereocenters. The molecular formula is C15H23NO2. The highest BCUT2D eigenvalue weighted by Crippen LogP contribution is 2.20. The maximum absolute atomic E-state index is 11.9. The SMILES string of the molecule is CCN(CCO)C(=O)CCC(C)c1ccccc1. The van der Waals surface area contributed by atoms with Gasteiger partial charge in [0.1, 0.15) is 0 Å². The Morgan fingerprint density at radius 1 is 1.33 bits per heavy atom. The van der Waals surface area contributed by atoms with E-state index in [1.807, 2.05) is 25.1 Å². The molecule has 0 bridgehead atoms. The van der Waals surface area contributed by atoms with Gasteiger partial charge in [0.2, 0.25) is 5.91 Å². The van der Waals surface area contributed by atoms with Crippen molar-refractivity contribution in [3.63, 3.8) is 0 Å². The third-order valence-corrected chi connectivity index (χ3v) is 3.26. The lowest BCUT2D eigenvalue weighted by atomic mass is 9.96. The molecule has 1 rings (SSSR count). The minimum Gasteiger partial charge on any atom is -0.395 e. The Hall–Kier alpha value is -1.35. The Morgan fingerprint density at radius 3 is 2.56 bits per heavy atom. The number of carbonyl (C=O) groups excluding carboxylic acids is 1. The van der Waals surface area contributed by atoms with Gasteiger partial charge in [-0.15, -0.1) is 0 Å². The van der Waals surface area contributed by atoms with Gasteiger partial charge in [0.25, 0.3) is 0 Å². The first-order valence-electron chi connectivity index (χ1n) is 6.62. The molecule has 1 aromatic rings. The van der Waals surface area contributed by atoms with Gasteiger partial charge < -0.3 is 10.0 Å². The molecule has 3 nitrogen and oxygen atoms in total. The van der Waals surface area contributed by atoms with Crippen LogP contribution in [0.1, 0.15) is 38.2 Å². The van der Waals surface area contributed by atoms with Crippen LogP contribution in [0.2, 0.25) is 0 Å². The molecule has 0 aliphatic heterocycles. The quantitative estimate of drug-likeness (QED) is 0.806. The van der Waals surface area contributed by atoms with Gasteiger partial charge in [-0.2, -0.15) is 0 Å². The first-order valence-corrected chi connectivity index (χ1v) is 6.62. The summed E-state index contributed by atoms with van der Waals surface area (Å²) < 4.78 is 0. The fourth-order valence-corrected chi connectivity index (χ4v) is 2.03. The number of benzene rings is 1. The van der Waals surface area contributed by atoms with E-state index >= 15 is 0 Å². The van der Waals surface area contributed by atoms with E-state index in [4.69, 9.17) is 5.11 Å². The van der Waals surface area contributed by atoms with Crippen molar-refractivity contribution in [1.29, 1.82) is 0 Å². The number of amides is 1. The Morgan fingerprint density at radius 2 is 2.00 bits per heavy atom. The lowest BCUT2D eigenvalue weighted by molar-refractivity contribution is -0.131. The van der Waals surface area contributed by atoms with Crippen molar-refractivity contribution in [2.75, 3.05) is 19.7 Å². The summed E-state index contributed by atoms with van der Waals surface area (Å²) in [5.74, 6) is 0.525. The summed E-state index contributed by atoms with van der Waals surface area (Å²) in [6, 6.07) is 10.2. The molecule has 1 unspecified atom stereocenters. The second kappa shape index (κ2) is 7.88. The van der Waals surface area contributed by atoms with E-state index in [0.29, 0.717) is 25.4 Å². The molecule has 18 heavy (non-hydrogen) atoms. The minimum atomic E-state index is 0.0355. The van der Waals surface area contributed by atoms with E-state index in [1.54, 1.807) is 4.90 Å². The minimum absolute atomic E-state index is 0.0355. The van der Waals surface area contributed by atoms with Gasteiger partial charge in [-0.3, -0.25) is 4.79 Å². The average molecular weight is 249 g/mol. The number of nitrogens with zero attached hydrogens (tertiary/aromatic N) is 1. The monoisotopic (exact) mass is 249 g/mol. The van der Waals surface area contributed by atoms with E-state index in [1.165, 1.54) is 5.56 Å². The summed E-state index contributed by atoms with van der Waals surface area (Å²) >= 11 is 0. The topological polar surface area (TPSA) is 40.5 Å². The summed E-state index contributed by atoms with van der Waals surface area (Å²) in [6.45, 7) is 5.22. The molecular weight excluding hydrogens is 226 g/mol. The maximum atomic E-state index is 11.9. The first-order chi connectivity index (χ1) is 8.69. The van der Waals surface area contributed by atoms with E-state index in [2.05, 4.69) is 19.1 Å². The first kappa shape index (κ1) is 14.7. The standard InChI is InChI=1S/C15H23NO2/c1-3-16(11-12-17)15(18)10-9-13(2)14-7-5-4-6-8-14/h4-8,13,17H,3,9-12H2,1-2H3. The van der Waals surface area contributed by atoms with Crippen molar-refractivity contribution < 1.29 is 9.90 Å². The Labute approximate surface area is 109 Å². The molecule has 1 N–H and O–H groups in total. The molecule has 0 aliphatic carbocycles. The van der Waals surface area contributed by atoms with Gasteiger partial charge in [0.15, 0.2) is 0 Å². The van der Waals surface area contributed by atoms with Gasteiger partial charge in [0.05, 0.1) is 6.61 Å². The molecule has 1 aromatic carbocycles. The zero-order chi connectivity index (χ0) is 13.4. The number of carbonyl (C=O) groups is 1. The summed E-state index contributed by atoms with van der Waals surface area (Å²) in [5, 5.41) is 8.88.